The van der Waals surface area contributed by atoms with Crippen LogP contribution in [-0.2, 0) is 4.79 Å². The van der Waals surface area contributed by atoms with E-state index in [0.717, 1.165) is 13.0 Å². The van der Waals surface area contributed by atoms with Crippen molar-refractivity contribution in [3.8, 4) is 6.07 Å². The zero-order valence-corrected chi connectivity index (χ0v) is 12.3. The van der Waals surface area contributed by atoms with Gasteiger partial charge in [0.2, 0.25) is 5.91 Å². The molecule has 104 valence electrons. The van der Waals surface area contributed by atoms with E-state index in [0.29, 0.717) is 25.6 Å². The summed E-state index contributed by atoms with van der Waals surface area (Å²) in [5.41, 5.74) is 0. The Kier molecular flexibility index (Phi) is 9.31. The van der Waals surface area contributed by atoms with Gasteiger partial charge in [0, 0.05) is 19.6 Å². The van der Waals surface area contributed by atoms with Crippen LogP contribution >= 0.6 is 0 Å². The van der Waals surface area contributed by atoms with Crippen molar-refractivity contribution < 1.29 is 4.79 Å². The van der Waals surface area contributed by atoms with Crippen molar-refractivity contribution in [2.45, 2.75) is 52.5 Å². The molecule has 0 saturated carbocycles. The molecule has 0 saturated heterocycles. The molecule has 0 N–H and O–H groups in total. The van der Waals surface area contributed by atoms with Gasteiger partial charge in [0.15, 0.2) is 0 Å². The predicted molar refractivity (Wildman–Crippen MR) is 74.1 cm³/mol. The molecule has 0 aliphatic rings. The molecule has 0 aliphatic heterocycles. The van der Waals surface area contributed by atoms with E-state index in [2.05, 4.69) is 31.7 Å². The third-order valence-corrected chi connectivity index (χ3v) is 3.10. The van der Waals surface area contributed by atoms with Crippen molar-refractivity contribution >= 4 is 5.91 Å². The fourth-order valence-corrected chi connectivity index (χ4v) is 1.72. The van der Waals surface area contributed by atoms with Crippen LogP contribution in [0.15, 0.2) is 0 Å². The lowest BCUT2D eigenvalue weighted by molar-refractivity contribution is -0.131. The second-order valence-corrected chi connectivity index (χ2v) is 4.99. The van der Waals surface area contributed by atoms with E-state index in [1.165, 1.54) is 12.8 Å². The van der Waals surface area contributed by atoms with E-state index < -0.39 is 0 Å². The molecule has 0 rings (SSSR count). The van der Waals surface area contributed by atoms with Crippen LogP contribution in [0.3, 0.4) is 0 Å². The van der Waals surface area contributed by atoms with Gasteiger partial charge in [-0.2, -0.15) is 5.26 Å². The van der Waals surface area contributed by atoms with Crippen LogP contribution in [0.5, 0.6) is 0 Å². The summed E-state index contributed by atoms with van der Waals surface area (Å²) >= 11 is 0. The molecule has 1 amide bonds. The maximum absolute atomic E-state index is 12.0. The zero-order valence-electron chi connectivity index (χ0n) is 12.3. The largest absolute Gasteiger partial charge is 0.344 e. The molecule has 0 aromatic carbocycles. The second kappa shape index (κ2) is 9.90. The molecule has 0 fully saturated rings. The molecule has 0 heterocycles. The molecule has 0 radical (unpaired) electrons. The third-order valence-electron chi connectivity index (χ3n) is 3.10. The molecule has 4 nitrogen and oxygen atoms in total. The summed E-state index contributed by atoms with van der Waals surface area (Å²) in [5, 5.41) is 8.51. The molecule has 0 bridgehead atoms. The second-order valence-electron chi connectivity index (χ2n) is 4.99. The highest BCUT2D eigenvalue weighted by Crippen LogP contribution is 2.04. The Labute approximate surface area is 112 Å². The predicted octanol–water partition coefficient (Wildman–Crippen LogP) is 2.26. The first kappa shape index (κ1) is 16.9. The van der Waals surface area contributed by atoms with Gasteiger partial charge in [-0.15, -0.1) is 0 Å². The Balaban J connectivity index is 4.14. The molecule has 4 heteroatoms. The van der Waals surface area contributed by atoms with Crippen molar-refractivity contribution in [2.24, 2.45) is 0 Å². The number of likely N-dealkylation sites (N-methyl/N-ethyl adjacent to an activating group) is 1. The molecule has 0 aromatic heterocycles. The molecule has 0 unspecified atom stereocenters. The van der Waals surface area contributed by atoms with Crippen molar-refractivity contribution in [1.29, 1.82) is 5.26 Å². The monoisotopic (exact) mass is 253 g/mol. The van der Waals surface area contributed by atoms with Crippen LogP contribution in [0.2, 0.25) is 0 Å². The van der Waals surface area contributed by atoms with Crippen molar-refractivity contribution in [2.75, 3.05) is 26.7 Å². The number of nitriles is 1. The van der Waals surface area contributed by atoms with Gasteiger partial charge in [0.25, 0.3) is 0 Å². The van der Waals surface area contributed by atoms with E-state index in [1.807, 2.05) is 0 Å². The lowest BCUT2D eigenvalue weighted by Gasteiger charge is -2.28. The number of rotatable bonds is 9. The number of hydrogen-bond acceptors (Lipinski definition) is 3. The van der Waals surface area contributed by atoms with Crippen LogP contribution in [0.1, 0.15) is 46.5 Å². The maximum atomic E-state index is 12.0. The first-order chi connectivity index (χ1) is 8.52. The summed E-state index contributed by atoms with van der Waals surface area (Å²) in [4.78, 5) is 15.8. The SMILES string of the molecule is CCCCCN(CC(=O)N(C)CCC#N)C(C)C. The van der Waals surface area contributed by atoms with Crippen LogP contribution in [-0.4, -0.2) is 48.4 Å². The Morgan fingerprint density at radius 1 is 1.28 bits per heavy atom. The lowest BCUT2D eigenvalue weighted by atomic mass is 10.2. The summed E-state index contributed by atoms with van der Waals surface area (Å²) in [6.45, 7) is 8.38. The minimum absolute atomic E-state index is 0.107. The minimum Gasteiger partial charge on any atom is -0.344 e. The van der Waals surface area contributed by atoms with Gasteiger partial charge < -0.3 is 4.90 Å². The Hall–Kier alpha value is -1.08. The number of unbranched alkanes of at least 4 members (excludes halogenated alkanes) is 2. The number of nitrogens with zero attached hydrogens (tertiary/aromatic N) is 3. The van der Waals surface area contributed by atoms with Gasteiger partial charge in [-0.1, -0.05) is 19.8 Å². The van der Waals surface area contributed by atoms with E-state index in [4.69, 9.17) is 5.26 Å². The van der Waals surface area contributed by atoms with E-state index in [9.17, 15) is 4.79 Å². The van der Waals surface area contributed by atoms with Gasteiger partial charge in [0.1, 0.15) is 0 Å². The third kappa shape index (κ3) is 7.29. The molecule has 0 aromatic rings. The van der Waals surface area contributed by atoms with Crippen molar-refractivity contribution in [3.05, 3.63) is 0 Å². The summed E-state index contributed by atoms with van der Waals surface area (Å²) in [6, 6.07) is 2.45. The number of carbonyl (C=O) groups is 1. The normalized spacial score (nSPS) is 10.7. The highest BCUT2D eigenvalue weighted by Gasteiger charge is 2.16. The minimum atomic E-state index is 0.107. The van der Waals surface area contributed by atoms with Gasteiger partial charge in [0.05, 0.1) is 19.0 Å². The molecule has 0 aliphatic carbocycles. The summed E-state index contributed by atoms with van der Waals surface area (Å²) in [5.74, 6) is 0.107. The summed E-state index contributed by atoms with van der Waals surface area (Å²) in [7, 11) is 1.77. The summed E-state index contributed by atoms with van der Waals surface area (Å²) in [6.07, 6.45) is 3.95. The first-order valence-corrected chi connectivity index (χ1v) is 6.87. The average Bonchev–Trinajstić information content (AvgIpc) is 2.34. The number of carbonyl (C=O) groups excluding carboxylic acids is 1. The first-order valence-electron chi connectivity index (χ1n) is 6.87. The van der Waals surface area contributed by atoms with Gasteiger partial charge >= 0.3 is 0 Å². The fourth-order valence-electron chi connectivity index (χ4n) is 1.72. The number of amides is 1. The maximum Gasteiger partial charge on any atom is 0.236 e. The average molecular weight is 253 g/mol. The lowest BCUT2D eigenvalue weighted by Crippen LogP contribution is -2.42. The van der Waals surface area contributed by atoms with Gasteiger partial charge in [-0.05, 0) is 26.8 Å². The molecule has 18 heavy (non-hydrogen) atoms. The number of hydrogen-bond donors (Lipinski definition) is 0. The summed E-state index contributed by atoms with van der Waals surface area (Å²) < 4.78 is 0. The quantitative estimate of drug-likeness (QED) is 0.592. The molecular formula is C14H27N3O. The highest BCUT2D eigenvalue weighted by molar-refractivity contribution is 5.78. The van der Waals surface area contributed by atoms with Crippen LogP contribution in [0.4, 0.5) is 0 Å². The van der Waals surface area contributed by atoms with Gasteiger partial charge in [-0.25, -0.2) is 0 Å². The Morgan fingerprint density at radius 2 is 1.94 bits per heavy atom. The fraction of sp³-hybridized carbons (Fsp3) is 0.857. The van der Waals surface area contributed by atoms with Crippen molar-refractivity contribution in [3.63, 3.8) is 0 Å². The standard InChI is InChI=1S/C14H27N3O/c1-5-6-7-11-17(13(2)3)12-14(18)16(4)10-8-9-15/h13H,5-8,10-12H2,1-4H3. The highest BCUT2D eigenvalue weighted by atomic mass is 16.2. The molecule has 0 atom stereocenters. The van der Waals surface area contributed by atoms with E-state index >= 15 is 0 Å². The van der Waals surface area contributed by atoms with Crippen LogP contribution < -0.4 is 0 Å². The van der Waals surface area contributed by atoms with E-state index in [1.54, 1.807) is 11.9 Å². The Bertz CT molecular complexity index is 271. The zero-order chi connectivity index (χ0) is 14.0. The van der Waals surface area contributed by atoms with Gasteiger partial charge in [-0.3, -0.25) is 9.69 Å². The molecular weight excluding hydrogens is 226 g/mol. The van der Waals surface area contributed by atoms with Crippen molar-refractivity contribution in [1.82, 2.24) is 9.80 Å². The van der Waals surface area contributed by atoms with Crippen LogP contribution in [0.25, 0.3) is 0 Å². The van der Waals surface area contributed by atoms with Crippen LogP contribution in [0, 0.1) is 11.3 Å². The molecule has 0 spiro atoms. The Morgan fingerprint density at radius 3 is 2.44 bits per heavy atom. The van der Waals surface area contributed by atoms with E-state index in [-0.39, 0.29) is 5.91 Å². The smallest absolute Gasteiger partial charge is 0.236 e. The topological polar surface area (TPSA) is 47.3 Å².